The third-order valence-electron chi connectivity index (χ3n) is 2.15. The molecule has 2 aromatic heterocycles. The van der Waals surface area contributed by atoms with E-state index in [1.54, 1.807) is 15.2 Å². The quantitative estimate of drug-likeness (QED) is 0.649. The van der Waals surface area contributed by atoms with Crippen LogP contribution in [-0.2, 0) is 0 Å². The van der Waals surface area contributed by atoms with Crippen molar-refractivity contribution in [2.75, 3.05) is 0 Å². The van der Waals surface area contributed by atoms with E-state index in [1.807, 2.05) is 38.2 Å². The molecule has 0 amide bonds. The van der Waals surface area contributed by atoms with Crippen molar-refractivity contribution in [1.29, 1.82) is 0 Å². The van der Waals surface area contributed by atoms with Crippen molar-refractivity contribution in [1.82, 2.24) is 8.97 Å². The van der Waals surface area contributed by atoms with Crippen LogP contribution in [0.25, 0.3) is 5.52 Å². The summed E-state index contributed by atoms with van der Waals surface area (Å²) in [5.74, 6) is 0. The molecule has 2 heterocycles. The zero-order chi connectivity index (χ0) is 9.42. The molecule has 3 heteroatoms. The van der Waals surface area contributed by atoms with Crippen molar-refractivity contribution < 1.29 is 0 Å². The van der Waals surface area contributed by atoms with Gasteiger partial charge in [0, 0.05) is 18.4 Å². The van der Waals surface area contributed by atoms with Crippen molar-refractivity contribution in [2.24, 2.45) is 0 Å². The Kier molecular flexibility index (Phi) is 1.72. The van der Waals surface area contributed by atoms with Gasteiger partial charge in [0.1, 0.15) is 0 Å². The zero-order valence-electron chi connectivity index (χ0n) is 7.77. The van der Waals surface area contributed by atoms with Crippen molar-refractivity contribution in [3.05, 3.63) is 41.1 Å². The number of hydrogen-bond donors (Lipinski definition) is 0. The van der Waals surface area contributed by atoms with E-state index in [-0.39, 0.29) is 11.7 Å². The number of fused-ring (bicyclic) bond motifs is 1. The number of rotatable bonds is 1. The first-order valence-electron chi connectivity index (χ1n) is 4.38. The van der Waals surface area contributed by atoms with Crippen LogP contribution in [0.4, 0.5) is 0 Å². The van der Waals surface area contributed by atoms with E-state index in [0.29, 0.717) is 0 Å². The van der Waals surface area contributed by atoms with Gasteiger partial charge in [-0.2, -0.15) is 0 Å². The molecule has 2 rings (SSSR count). The molecule has 0 radical (unpaired) electrons. The Morgan fingerprint density at radius 2 is 2.08 bits per heavy atom. The first-order valence-corrected chi connectivity index (χ1v) is 4.38. The van der Waals surface area contributed by atoms with Crippen molar-refractivity contribution >= 4 is 5.52 Å². The highest BCUT2D eigenvalue weighted by Crippen LogP contribution is 2.05. The highest BCUT2D eigenvalue weighted by atomic mass is 16.1. The van der Waals surface area contributed by atoms with E-state index < -0.39 is 0 Å². The predicted octanol–water partition coefficient (Wildman–Crippen LogP) is 1.68. The number of nitrogens with zero attached hydrogens (tertiary/aromatic N) is 2. The minimum Gasteiger partial charge on any atom is -0.296 e. The van der Waals surface area contributed by atoms with Crippen molar-refractivity contribution in [3.63, 3.8) is 0 Å². The van der Waals surface area contributed by atoms with Gasteiger partial charge in [-0.15, -0.1) is 0 Å². The monoisotopic (exact) mass is 176 g/mol. The molecule has 0 aliphatic carbocycles. The maximum atomic E-state index is 11.7. The van der Waals surface area contributed by atoms with Gasteiger partial charge in [0.05, 0.1) is 5.52 Å². The van der Waals surface area contributed by atoms with Gasteiger partial charge in [-0.05, 0) is 26.0 Å². The number of aromatic nitrogens is 2. The molecule has 0 atom stereocenters. The SMILES string of the molecule is CC(C)n1cc2ccccn2c1=O. The van der Waals surface area contributed by atoms with Gasteiger partial charge < -0.3 is 0 Å². The fourth-order valence-electron chi connectivity index (χ4n) is 1.43. The molecule has 0 fully saturated rings. The van der Waals surface area contributed by atoms with Crippen LogP contribution in [-0.4, -0.2) is 8.97 Å². The Bertz CT molecular complexity index is 479. The highest BCUT2D eigenvalue weighted by molar-refractivity contribution is 5.44. The van der Waals surface area contributed by atoms with Crippen molar-refractivity contribution in [3.8, 4) is 0 Å². The van der Waals surface area contributed by atoms with Gasteiger partial charge in [0.2, 0.25) is 0 Å². The van der Waals surface area contributed by atoms with Gasteiger partial charge in [-0.3, -0.25) is 8.97 Å². The number of hydrogen-bond acceptors (Lipinski definition) is 1. The second kappa shape index (κ2) is 2.76. The molecule has 0 aliphatic rings. The molecule has 0 unspecified atom stereocenters. The maximum Gasteiger partial charge on any atom is 0.332 e. The van der Waals surface area contributed by atoms with Crippen LogP contribution < -0.4 is 5.69 Å². The minimum atomic E-state index is 0.0330. The fraction of sp³-hybridized carbons (Fsp3) is 0.300. The van der Waals surface area contributed by atoms with Crippen LogP contribution in [0.2, 0.25) is 0 Å². The first kappa shape index (κ1) is 8.10. The largest absolute Gasteiger partial charge is 0.332 e. The van der Waals surface area contributed by atoms with E-state index in [2.05, 4.69) is 0 Å². The summed E-state index contributed by atoms with van der Waals surface area (Å²) in [7, 11) is 0. The summed E-state index contributed by atoms with van der Waals surface area (Å²) in [6.07, 6.45) is 3.67. The molecule has 3 nitrogen and oxygen atoms in total. The lowest BCUT2D eigenvalue weighted by Crippen LogP contribution is -2.20. The van der Waals surface area contributed by atoms with Gasteiger partial charge >= 0.3 is 5.69 Å². The summed E-state index contributed by atoms with van der Waals surface area (Å²) in [4.78, 5) is 11.7. The fourth-order valence-corrected chi connectivity index (χ4v) is 1.43. The van der Waals surface area contributed by atoms with Crippen molar-refractivity contribution in [2.45, 2.75) is 19.9 Å². The molecular weight excluding hydrogens is 164 g/mol. The molecule has 2 aromatic rings. The lowest BCUT2D eigenvalue weighted by atomic mass is 10.4. The second-order valence-electron chi connectivity index (χ2n) is 3.41. The average molecular weight is 176 g/mol. The van der Waals surface area contributed by atoms with Gasteiger partial charge in [-0.25, -0.2) is 4.79 Å². The van der Waals surface area contributed by atoms with Crippen LogP contribution in [0.15, 0.2) is 35.4 Å². The third-order valence-corrected chi connectivity index (χ3v) is 2.15. The molecule has 0 spiro atoms. The summed E-state index contributed by atoms with van der Waals surface area (Å²) in [6, 6.07) is 5.94. The maximum absolute atomic E-state index is 11.7. The third kappa shape index (κ3) is 1.16. The predicted molar refractivity (Wildman–Crippen MR) is 52.0 cm³/mol. The van der Waals surface area contributed by atoms with Crippen LogP contribution in [0.1, 0.15) is 19.9 Å². The summed E-state index contributed by atoms with van der Waals surface area (Å²) in [5.41, 5.74) is 0.979. The Morgan fingerprint density at radius 3 is 2.69 bits per heavy atom. The average Bonchev–Trinajstić information content (AvgIpc) is 2.45. The Labute approximate surface area is 76.2 Å². The summed E-state index contributed by atoms with van der Waals surface area (Å²) in [6.45, 7) is 4.00. The topological polar surface area (TPSA) is 26.4 Å². The molecule has 0 saturated heterocycles. The van der Waals surface area contributed by atoms with Gasteiger partial charge in [0.15, 0.2) is 0 Å². The first-order chi connectivity index (χ1) is 6.20. The van der Waals surface area contributed by atoms with Crippen LogP contribution >= 0.6 is 0 Å². The smallest absolute Gasteiger partial charge is 0.296 e. The Hall–Kier alpha value is -1.51. The van der Waals surface area contributed by atoms with Crippen LogP contribution in [0.3, 0.4) is 0 Å². The normalized spacial score (nSPS) is 11.3. The molecule has 0 saturated carbocycles. The van der Waals surface area contributed by atoms with E-state index in [0.717, 1.165) is 5.52 Å². The Morgan fingerprint density at radius 1 is 1.31 bits per heavy atom. The summed E-state index contributed by atoms with van der Waals surface area (Å²) in [5, 5.41) is 0. The zero-order valence-corrected chi connectivity index (χ0v) is 7.77. The Balaban J connectivity index is 2.82. The highest BCUT2D eigenvalue weighted by Gasteiger charge is 2.05. The van der Waals surface area contributed by atoms with Crippen LogP contribution in [0.5, 0.6) is 0 Å². The lowest BCUT2D eigenvalue weighted by Gasteiger charge is -2.02. The van der Waals surface area contributed by atoms with Gasteiger partial charge in [-0.1, -0.05) is 6.07 Å². The van der Waals surface area contributed by atoms with Gasteiger partial charge in [0.25, 0.3) is 0 Å². The molecule has 0 N–H and O–H groups in total. The standard InChI is InChI=1S/C10H12N2O/c1-8(2)12-7-9-5-3-4-6-11(9)10(12)13/h3-8H,1-2H3. The summed E-state index contributed by atoms with van der Waals surface area (Å²) >= 11 is 0. The molecule has 0 bridgehead atoms. The molecule has 68 valence electrons. The number of imidazole rings is 1. The molecular formula is C10H12N2O. The molecule has 0 aliphatic heterocycles. The minimum absolute atomic E-state index is 0.0330. The lowest BCUT2D eigenvalue weighted by molar-refractivity contribution is 0.576. The van der Waals surface area contributed by atoms with E-state index in [1.165, 1.54) is 0 Å². The van der Waals surface area contributed by atoms with E-state index in [9.17, 15) is 4.79 Å². The van der Waals surface area contributed by atoms with E-state index >= 15 is 0 Å². The molecule has 13 heavy (non-hydrogen) atoms. The summed E-state index contributed by atoms with van der Waals surface area (Å²) < 4.78 is 3.38. The van der Waals surface area contributed by atoms with Crippen LogP contribution in [0, 0.1) is 0 Å². The van der Waals surface area contributed by atoms with E-state index in [4.69, 9.17) is 0 Å². The molecule has 0 aromatic carbocycles. The number of pyridine rings is 1. The second-order valence-corrected chi connectivity index (χ2v) is 3.41.